The Morgan fingerprint density at radius 2 is 1.97 bits per heavy atom. The maximum atomic E-state index is 14.0. The predicted molar refractivity (Wildman–Crippen MR) is 109 cm³/mol. The summed E-state index contributed by atoms with van der Waals surface area (Å²) in [6, 6.07) is 4.87. The van der Waals surface area contributed by atoms with Gasteiger partial charge in [-0.3, -0.25) is 9.78 Å². The molecule has 1 aromatic carbocycles. The van der Waals surface area contributed by atoms with Gasteiger partial charge in [0, 0.05) is 17.3 Å². The van der Waals surface area contributed by atoms with Crippen LogP contribution in [0.15, 0.2) is 42.0 Å². The Kier molecular flexibility index (Phi) is 5.44. The van der Waals surface area contributed by atoms with Crippen LogP contribution < -0.4 is 10.2 Å². The predicted octanol–water partition coefficient (Wildman–Crippen LogP) is 4.60. The lowest BCUT2D eigenvalue weighted by molar-refractivity contribution is 0.0123. The number of thiazole rings is 1. The number of nitrogens with zero attached hydrogens (tertiary/aromatic N) is 3. The lowest BCUT2D eigenvalue weighted by Crippen LogP contribution is -2.47. The molecule has 0 aliphatic carbocycles. The van der Waals surface area contributed by atoms with Crippen molar-refractivity contribution in [2.45, 2.75) is 12.3 Å². The molecule has 6 nitrogen and oxygen atoms in total. The number of hydrogen-bond donors (Lipinski definition) is 2. The molecule has 1 fully saturated rings. The normalized spacial score (nSPS) is 15.7. The van der Waals surface area contributed by atoms with Crippen molar-refractivity contribution in [2.75, 3.05) is 23.3 Å². The van der Waals surface area contributed by atoms with Gasteiger partial charge in [-0.05, 0) is 18.2 Å². The number of nitrogens with one attached hydrogen (secondary N) is 2. The van der Waals surface area contributed by atoms with E-state index in [1.807, 2.05) is 0 Å². The van der Waals surface area contributed by atoms with Crippen LogP contribution in [0, 0.1) is 17.0 Å². The van der Waals surface area contributed by atoms with Gasteiger partial charge in [0.2, 0.25) is 0 Å². The number of benzene rings is 1. The van der Waals surface area contributed by atoms with Crippen LogP contribution in [0.2, 0.25) is 0 Å². The Morgan fingerprint density at radius 1 is 1.23 bits per heavy atom. The van der Waals surface area contributed by atoms with E-state index < -0.39 is 36.4 Å². The molecule has 1 saturated heterocycles. The molecule has 0 radical (unpaired) electrons. The average molecular weight is 449 g/mol. The van der Waals surface area contributed by atoms with Crippen molar-refractivity contribution in [2.24, 2.45) is 0 Å². The number of amides is 1. The first-order valence-electron chi connectivity index (χ1n) is 9.08. The van der Waals surface area contributed by atoms with Crippen molar-refractivity contribution in [3.05, 3.63) is 59.4 Å². The summed E-state index contributed by atoms with van der Waals surface area (Å²) in [5.41, 5.74) is -0.106. The number of anilines is 2. The lowest BCUT2D eigenvalue weighted by Gasteiger charge is -2.35. The molecule has 1 aliphatic rings. The third kappa shape index (κ3) is 4.41. The highest BCUT2D eigenvalue weighted by molar-refractivity contribution is 7.13. The monoisotopic (exact) mass is 449 g/mol. The third-order valence-corrected chi connectivity index (χ3v) is 5.44. The second kappa shape index (κ2) is 8.06. The van der Waals surface area contributed by atoms with Crippen molar-refractivity contribution >= 4 is 34.3 Å². The first-order valence-corrected chi connectivity index (χ1v) is 9.96. The molecule has 2 N–H and O–H groups in total. The zero-order chi connectivity index (χ0) is 22.2. The molecule has 3 aromatic rings. The molecular weight excluding hydrogens is 434 g/mol. The van der Waals surface area contributed by atoms with E-state index in [1.54, 1.807) is 0 Å². The fourth-order valence-corrected chi connectivity index (χ4v) is 4.15. The maximum Gasteiger partial charge on any atom is 0.275 e. The van der Waals surface area contributed by atoms with E-state index >= 15 is 0 Å². The summed E-state index contributed by atoms with van der Waals surface area (Å²) in [7, 11) is 0. The molecule has 0 bridgehead atoms. The minimum Gasteiger partial charge on any atom is -0.358 e. The molecule has 4 rings (SSSR count). The topological polar surface area (TPSA) is 82.0 Å². The molecule has 0 saturated carbocycles. The maximum absolute atomic E-state index is 14.0. The lowest BCUT2D eigenvalue weighted by atomic mass is 10.0. The van der Waals surface area contributed by atoms with Crippen LogP contribution in [0.3, 0.4) is 0 Å². The molecule has 160 valence electrons. The van der Waals surface area contributed by atoms with Crippen molar-refractivity contribution in [1.82, 2.24) is 9.97 Å². The van der Waals surface area contributed by atoms with Gasteiger partial charge in [-0.1, -0.05) is 6.07 Å². The summed E-state index contributed by atoms with van der Waals surface area (Å²) in [5.74, 6) is -5.35. The minimum atomic E-state index is -3.06. The molecule has 1 amide bonds. The van der Waals surface area contributed by atoms with Crippen LogP contribution in [0.5, 0.6) is 0 Å². The number of hydrogen-bond acceptors (Lipinski definition) is 6. The Hall–Kier alpha value is -3.34. The van der Waals surface area contributed by atoms with Crippen LogP contribution in [-0.4, -0.2) is 40.6 Å². The fraction of sp³-hybridized carbons (Fsp3) is 0.200. The number of halogens is 4. The smallest absolute Gasteiger partial charge is 0.275 e. The van der Waals surface area contributed by atoms with Crippen molar-refractivity contribution < 1.29 is 22.4 Å². The first kappa shape index (κ1) is 20.9. The van der Waals surface area contributed by atoms with E-state index in [4.69, 9.17) is 5.41 Å². The van der Waals surface area contributed by atoms with Crippen LogP contribution >= 0.6 is 11.3 Å². The fourth-order valence-electron chi connectivity index (χ4n) is 3.30. The minimum absolute atomic E-state index is 0.00344. The molecule has 3 heterocycles. The highest BCUT2D eigenvalue weighted by Gasteiger charge is 2.38. The van der Waals surface area contributed by atoms with E-state index in [-0.39, 0.29) is 39.9 Å². The first-order chi connectivity index (χ1) is 14.7. The molecule has 0 atom stereocenters. The largest absolute Gasteiger partial charge is 0.358 e. The summed E-state index contributed by atoms with van der Waals surface area (Å²) in [6.45, 7) is -0.606. The Labute approximate surface area is 178 Å². The SMILES string of the molecule is N=C1CN(c2ccncc2NC(=O)c2csc(-c3c(F)cccc3F)n2)CC(F)(F)C1. The van der Waals surface area contributed by atoms with Gasteiger partial charge in [0.1, 0.15) is 22.3 Å². The van der Waals surface area contributed by atoms with Gasteiger partial charge in [0.05, 0.1) is 42.6 Å². The van der Waals surface area contributed by atoms with Gasteiger partial charge < -0.3 is 15.6 Å². The van der Waals surface area contributed by atoms with Gasteiger partial charge in [0.25, 0.3) is 11.8 Å². The molecule has 0 spiro atoms. The van der Waals surface area contributed by atoms with E-state index in [2.05, 4.69) is 15.3 Å². The number of alkyl halides is 2. The van der Waals surface area contributed by atoms with Gasteiger partial charge in [0.15, 0.2) is 0 Å². The standard InChI is InChI=1S/C20H15F4N5OS/c21-12-2-1-3-13(22)17(12)19-28-15(9-31-19)18(30)27-14-7-26-5-4-16(14)29-8-11(25)6-20(23,24)10-29/h1-5,7,9,25H,6,8,10H2,(H,27,30). The van der Waals surface area contributed by atoms with Gasteiger partial charge in [-0.25, -0.2) is 22.5 Å². The Balaban J connectivity index is 1.58. The van der Waals surface area contributed by atoms with Crippen LogP contribution in [0.4, 0.5) is 28.9 Å². The van der Waals surface area contributed by atoms with Crippen molar-refractivity contribution in [3.63, 3.8) is 0 Å². The molecule has 1 aliphatic heterocycles. The van der Waals surface area contributed by atoms with Gasteiger partial charge >= 0.3 is 0 Å². The zero-order valence-electron chi connectivity index (χ0n) is 15.8. The number of carbonyl (C=O) groups excluding carboxylic acids is 1. The zero-order valence-corrected chi connectivity index (χ0v) is 16.6. The number of carbonyl (C=O) groups is 1. The summed E-state index contributed by atoms with van der Waals surface area (Å²) < 4.78 is 55.8. The molecule has 2 aromatic heterocycles. The van der Waals surface area contributed by atoms with E-state index in [0.29, 0.717) is 0 Å². The summed E-state index contributed by atoms with van der Waals surface area (Å²) in [6.07, 6.45) is 2.08. The summed E-state index contributed by atoms with van der Waals surface area (Å²) >= 11 is 0.897. The number of piperidine rings is 1. The average Bonchev–Trinajstić information content (AvgIpc) is 3.16. The molecule has 11 heteroatoms. The number of rotatable bonds is 4. The van der Waals surface area contributed by atoms with E-state index in [0.717, 1.165) is 23.5 Å². The second-order valence-electron chi connectivity index (χ2n) is 6.97. The third-order valence-electron chi connectivity index (χ3n) is 4.58. The number of aromatic nitrogens is 2. The Morgan fingerprint density at radius 3 is 2.68 bits per heavy atom. The van der Waals surface area contributed by atoms with Crippen molar-refractivity contribution in [1.29, 1.82) is 5.41 Å². The summed E-state index contributed by atoms with van der Waals surface area (Å²) in [5, 5.41) is 11.6. The summed E-state index contributed by atoms with van der Waals surface area (Å²) in [4.78, 5) is 21.9. The molecule has 31 heavy (non-hydrogen) atoms. The highest BCUT2D eigenvalue weighted by atomic mass is 32.1. The Bertz CT molecular complexity index is 1150. The molecular formula is C20H15F4N5OS. The van der Waals surface area contributed by atoms with Gasteiger partial charge in [-0.2, -0.15) is 0 Å². The van der Waals surface area contributed by atoms with Crippen LogP contribution in [-0.2, 0) is 0 Å². The van der Waals surface area contributed by atoms with E-state index in [1.165, 1.54) is 34.8 Å². The van der Waals surface area contributed by atoms with Crippen LogP contribution in [0.25, 0.3) is 10.6 Å². The number of pyridine rings is 1. The second-order valence-corrected chi connectivity index (χ2v) is 7.83. The van der Waals surface area contributed by atoms with Gasteiger partial charge in [-0.15, -0.1) is 11.3 Å². The van der Waals surface area contributed by atoms with Crippen LogP contribution in [0.1, 0.15) is 16.9 Å². The highest BCUT2D eigenvalue weighted by Crippen LogP contribution is 2.33. The molecule has 0 unspecified atom stereocenters. The quantitative estimate of drug-likeness (QED) is 0.571. The van der Waals surface area contributed by atoms with E-state index in [9.17, 15) is 22.4 Å². The van der Waals surface area contributed by atoms with Crippen molar-refractivity contribution in [3.8, 4) is 10.6 Å².